The summed E-state index contributed by atoms with van der Waals surface area (Å²) in [5.41, 5.74) is 1.57. The highest BCUT2D eigenvalue weighted by Crippen LogP contribution is 2.15. The summed E-state index contributed by atoms with van der Waals surface area (Å²) in [7, 11) is 0. The first-order chi connectivity index (χ1) is 12.5. The van der Waals surface area contributed by atoms with E-state index < -0.39 is 12.1 Å². The van der Waals surface area contributed by atoms with Crippen LogP contribution in [0.2, 0.25) is 0 Å². The van der Waals surface area contributed by atoms with Crippen molar-refractivity contribution in [1.29, 1.82) is 0 Å². The molecule has 2 aromatic rings. The summed E-state index contributed by atoms with van der Waals surface area (Å²) < 4.78 is 10.8. The lowest BCUT2D eigenvalue weighted by molar-refractivity contribution is -0.155. The molecule has 5 nitrogen and oxygen atoms in total. The van der Waals surface area contributed by atoms with Gasteiger partial charge in [0.15, 0.2) is 6.10 Å². The summed E-state index contributed by atoms with van der Waals surface area (Å²) in [5.74, 6) is -0.0492. The highest BCUT2D eigenvalue weighted by molar-refractivity contribution is 5.94. The molecular formula is C21H25NO4. The van der Waals surface area contributed by atoms with Crippen LogP contribution in [-0.4, -0.2) is 24.1 Å². The number of ether oxygens (including phenoxy) is 2. The third kappa shape index (κ3) is 5.92. The quantitative estimate of drug-likeness (QED) is 0.733. The van der Waals surface area contributed by atoms with E-state index in [0.717, 1.165) is 12.0 Å². The van der Waals surface area contributed by atoms with Gasteiger partial charge in [0.2, 0.25) is 0 Å². The zero-order chi connectivity index (χ0) is 18.9. The van der Waals surface area contributed by atoms with Crippen molar-refractivity contribution in [2.24, 2.45) is 0 Å². The van der Waals surface area contributed by atoms with Crippen LogP contribution in [0.1, 0.15) is 43.1 Å². The van der Waals surface area contributed by atoms with E-state index in [1.54, 1.807) is 31.2 Å². The maximum atomic E-state index is 12.2. The second kappa shape index (κ2) is 9.61. The second-order valence-electron chi connectivity index (χ2n) is 6.11. The van der Waals surface area contributed by atoms with Crippen molar-refractivity contribution in [3.05, 3.63) is 65.7 Å². The van der Waals surface area contributed by atoms with Crippen LogP contribution in [0.15, 0.2) is 54.6 Å². The van der Waals surface area contributed by atoms with Crippen LogP contribution in [0.4, 0.5) is 0 Å². The van der Waals surface area contributed by atoms with E-state index >= 15 is 0 Å². The highest BCUT2D eigenvalue weighted by Gasteiger charge is 2.18. The van der Waals surface area contributed by atoms with E-state index in [9.17, 15) is 9.59 Å². The van der Waals surface area contributed by atoms with Crippen LogP contribution in [-0.2, 0) is 16.1 Å². The SMILES string of the molecule is CC[C@H](C)OC(=O)[C@@H](C)Oc1ccc(C(=O)NCc2ccccc2)cc1. The number of amides is 1. The number of carbonyl (C=O) groups excluding carboxylic acids is 2. The standard InChI is InChI=1S/C21H25NO4/c1-4-15(2)25-21(24)16(3)26-19-12-10-18(11-13-19)20(23)22-14-17-8-6-5-7-9-17/h5-13,15-16H,4,14H2,1-3H3,(H,22,23)/t15-,16+/m0/s1. The summed E-state index contributed by atoms with van der Waals surface area (Å²) in [6.45, 7) is 5.90. The Morgan fingerprint density at radius 1 is 1.00 bits per heavy atom. The fraction of sp³-hybridized carbons (Fsp3) is 0.333. The molecule has 1 N–H and O–H groups in total. The Balaban J connectivity index is 1.87. The Morgan fingerprint density at radius 2 is 1.65 bits per heavy atom. The molecule has 0 radical (unpaired) electrons. The Labute approximate surface area is 154 Å². The fourth-order valence-electron chi connectivity index (χ4n) is 2.19. The molecule has 0 fully saturated rings. The van der Waals surface area contributed by atoms with E-state index in [4.69, 9.17) is 9.47 Å². The summed E-state index contributed by atoms with van der Waals surface area (Å²) in [4.78, 5) is 24.1. The maximum absolute atomic E-state index is 12.2. The van der Waals surface area contributed by atoms with E-state index in [1.165, 1.54) is 0 Å². The minimum Gasteiger partial charge on any atom is -0.479 e. The van der Waals surface area contributed by atoms with Crippen LogP contribution in [0.5, 0.6) is 5.75 Å². The third-order valence-corrected chi connectivity index (χ3v) is 3.95. The van der Waals surface area contributed by atoms with Crippen molar-refractivity contribution in [2.75, 3.05) is 0 Å². The Hall–Kier alpha value is -2.82. The first-order valence-electron chi connectivity index (χ1n) is 8.79. The molecule has 0 unspecified atom stereocenters. The highest BCUT2D eigenvalue weighted by atomic mass is 16.6. The number of nitrogens with one attached hydrogen (secondary N) is 1. The van der Waals surface area contributed by atoms with Gasteiger partial charge in [-0.05, 0) is 50.1 Å². The number of benzene rings is 2. The first-order valence-corrected chi connectivity index (χ1v) is 8.79. The van der Waals surface area contributed by atoms with Crippen LogP contribution in [0, 0.1) is 0 Å². The molecule has 2 aromatic carbocycles. The van der Waals surface area contributed by atoms with Gasteiger partial charge in [-0.3, -0.25) is 4.79 Å². The van der Waals surface area contributed by atoms with E-state index in [0.29, 0.717) is 17.9 Å². The summed E-state index contributed by atoms with van der Waals surface area (Å²) in [6, 6.07) is 16.4. The van der Waals surface area contributed by atoms with Gasteiger partial charge in [-0.25, -0.2) is 4.79 Å². The lowest BCUT2D eigenvalue weighted by Crippen LogP contribution is -2.29. The normalized spacial score (nSPS) is 12.7. The van der Waals surface area contributed by atoms with Gasteiger partial charge in [-0.1, -0.05) is 37.3 Å². The molecule has 0 spiro atoms. The number of esters is 1. The predicted octanol–water partition coefficient (Wildman–Crippen LogP) is 3.73. The van der Waals surface area contributed by atoms with E-state index in [-0.39, 0.29) is 12.0 Å². The van der Waals surface area contributed by atoms with Gasteiger partial charge in [0.25, 0.3) is 5.91 Å². The molecule has 0 aliphatic carbocycles. The monoisotopic (exact) mass is 355 g/mol. The minimum atomic E-state index is -0.707. The van der Waals surface area contributed by atoms with Crippen molar-refractivity contribution in [1.82, 2.24) is 5.32 Å². The van der Waals surface area contributed by atoms with E-state index in [2.05, 4.69) is 5.32 Å². The van der Waals surface area contributed by atoms with Crippen molar-refractivity contribution in [2.45, 2.75) is 45.9 Å². The van der Waals surface area contributed by atoms with Gasteiger partial charge in [0.05, 0.1) is 6.10 Å². The van der Waals surface area contributed by atoms with Gasteiger partial charge in [-0.15, -0.1) is 0 Å². The fourth-order valence-corrected chi connectivity index (χ4v) is 2.19. The molecule has 26 heavy (non-hydrogen) atoms. The topological polar surface area (TPSA) is 64.6 Å². The molecule has 0 aliphatic rings. The lowest BCUT2D eigenvalue weighted by atomic mass is 10.2. The zero-order valence-corrected chi connectivity index (χ0v) is 15.4. The minimum absolute atomic E-state index is 0.135. The molecule has 0 heterocycles. The average Bonchev–Trinajstić information content (AvgIpc) is 2.67. The molecule has 2 rings (SSSR count). The molecule has 2 atom stereocenters. The molecule has 138 valence electrons. The molecule has 0 aromatic heterocycles. The molecule has 0 bridgehead atoms. The summed E-state index contributed by atoms with van der Waals surface area (Å²) in [6.07, 6.45) is -0.0865. The van der Waals surface area contributed by atoms with E-state index in [1.807, 2.05) is 44.2 Å². The Bertz CT molecular complexity index is 713. The van der Waals surface area contributed by atoms with Crippen molar-refractivity contribution < 1.29 is 19.1 Å². The molecule has 1 amide bonds. The molecule has 5 heteroatoms. The number of carbonyl (C=O) groups is 2. The van der Waals surface area contributed by atoms with Gasteiger partial charge < -0.3 is 14.8 Å². The van der Waals surface area contributed by atoms with Gasteiger partial charge in [-0.2, -0.15) is 0 Å². The molecular weight excluding hydrogens is 330 g/mol. The first kappa shape index (κ1) is 19.5. The molecule has 0 saturated heterocycles. The summed E-state index contributed by atoms with van der Waals surface area (Å²) in [5, 5.41) is 2.87. The van der Waals surface area contributed by atoms with Crippen LogP contribution in [0.3, 0.4) is 0 Å². The molecule has 0 aliphatic heterocycles. The second-order valence-corrected chi connectivity index (χ2v) is 6.11. The van der Waals surface area contributed by atoms with Gasteiger partial charge in [0, 0.05) is 12.1 Å². The lowest BCUT2D eigenvalue weighted by Gasteiger charge is -2.17. The number of hydrogen-bond acceptors (Lipinski definition) is 4. The van der Waals surface area contributed by atoms with Crippen LogP contribution in [0.25, 0.3) is 0 Å². The maximum Gasteiger partial charge on any atom is 0.347 e. The van der Waals surface area contributed by atoms with Crippen molar-refractivity contribution in [3.8, 4) is 5.75 Å². The number of hydrogen-bond donors (Lipinski definition) is 1. The Morgan fingerprint density at radius 3 is 2.27 bits per heavy atom. The third-order valence-electron chi connectivity index (χ3n) is 3.95. The van der Waals surface area contributed by atoms with Gasteiger partial charge >= 0.3 is 5.97 Å². The van der Waals surface area contributed by atoms with Crippen molar-refractivity contribution in [3.63, 3.8) is 0 Å². The zero-order valence-electron chi connectivity index (χ0n) is 15.4. The van der Waals surface area contributed by atoms with Crippen LogP contribution >= 0.6 is 0 Å². The molecule has 0 saturated carbocycles. The number of rotatable bonds is 8. The summed E-state index contributed by atoms with van der Waals surface area (Å²) >= 11 is 0. The Kier molecular flexibility index (Phi) is 7.21. The van der Waals surface area contributed by atoms with Crippen LogP contribution < -0.4 is 10.1 Å². The smallest absolute Gasteiger partial charge is 0.347 e. The largest absolute Gasteiger partial charge is 0.479 e. The van der Waals surface area contributed by atoms with Crippen molar-refractivity contribution >= 4 is 11.9 Å². The average molecular weight is 355 g/mol. The van der Waals surface area contributed by atoms with Gasteiger partial charge in [0.1, 0.15) is 5.75 Å². The predicted molar refractivity (Wildman–Crippen MR) is 100.0 cm³/mol.